The van der Waals surface area contributed by atoms with E-state index in [1.807, 2.05) is 13.8 Å². The fraction of sp³-hybridized carbons (Fsp3) is 0.643. The predicted molar refractivity (Wildman–Crippen MR) is 91.7 cm³/mol. The van der Waals surface area contributed by atoms with Crippen LogP contribution >= 0.6 is 0 Å². The van der Waals surface area contributed by atoms with Crippen molar-refractivity contribution in [1.29, 1.82) is 0 Å². The summed E-state index contributed by atoms with van der Waals surface area (Å²) in [7, 11) is -1.25. The Morgan fingerprint density at radius 3 is 2.13 bits per heavy atom. The van der Waals surface area contributed by atoms with E-state index in [2.05, 4.69) is 4.99 Å². The molecule has 1 heterocycles. The summed E-state index contributed by atoms with van der Waals surface area (Å²) < 4.78 is 27.0. The molecule has 0 atom stereocenters. The van der Waals surface area contributed by atoms with E-state index in [9.17, 15) is 18.0 Å². The zero-order valence-electron chi connectivity index (χ0n) is 14.3. The van der Waals surface area contributed by atoms with Crippen molar-refractivity contribution in [2.75, 3.05) is 12.8 Å². The molecule has 0 radical (unpaired) electrons. The molecule has 0 aliphatic rings. The van der Waals surface area contributed by atoms with Crippen LogP contribution < -0.4 is 17.0 Å². The van der Waals surface area contributed by atoms with E-state index in [1.165, 1.54) is 32.5 Å². The number of nitrogens with two attached hydrogens (primary N) is 1. The summed E-state index contributed by atoms with van der Waals surface area (Å²) in [5, 5.41) is -1.15. The molecule has 8 nitrogen and oxygen atoms in total. The van der Waals surface area contributed by atoms with E-state index in [1.54, 1.807) is 0 Å². The Kier molecular flexibility index (Phi) is 5.57. The third-order valence-electron chi connectivity index (χ3n) is 3.44. The summed E-state index contributed by atoms with van der Waals surface area (Å²) >= 11 is 0. The molecule has 1 aromatic rings. The minimum absolute atomic E-state index is 0.0871. The van der Waals surface area contributed by atoms with Crippen molar-refractivity contribution in [3.8, 4) is 0 Å². The molecule has 130 valence electrons. The largest absolute Gasteiger partial charge is 0.384 e. The SMILES string of the molecule is CN=C(c1c(N)n(CC(C)C)c(=O)n(C)c1=O)S(=O)(=O)C(C)C. The molecule has 1 rings (SSSR count). The average Bonchev–Trinajstić information content (AvgIpc) is 2.45. The molecule has 0 aliphatic carbocycles. The van der Waals surface area contributed by atoms with Crippen LogP contribution in [0.2, 0.25) is 0 Å². The molecule has 0 unspecified atom stereocenters. The number of aromatic nitrogens is 2. The molecule has 0 aliphatic heterocycles. The lowest BCUT2D eigenvalue weighted by atomic mass is 10.2. The minimum Gasteiger partial charge on any atom is -0.384 e. The molecule has 1 aromatic heterocycles. The second-order valence-electron chi connectivity index (χ2n) is 6.03. The molecule has 0 saturated carbocycles. The third-order valence-corrected chi connectivity index (χ3v) is 5.60. The first-order valence-corrected chi connectivity index (χ1v) is 8.81. The number of nitrogen functional groups attached to an aromatic ring is 1. The van der Waals surface area contributed by atoms with Gasteiger partial charge < -0.3 is 5.73 Å². The second-order valence-corrected chi connectivity index (χ2v) is 8.45. The molecule has 0 bridgehead atoms. The first-order chi connectivity index (χ1) is 10.5. The van der Waals surface area contributed by atoms with Gasteiger partial charge in [0.1, 0.15) is 11.4 Å². The van der Waals surface area contributed by atoms with E-state index in [0.717, 1.165) is 4.57 Å². The van der Waals surface area contributed by atoms with E-state index in [-0.39, 0.29) is 28.9 Å². The van der Waals surface area contributed by atoms with Gasteiger partial charge in [-0.2, -0.15) is 0 Å². The number of sulfone groups is 1. The average molecular weight is 344 g/mol. The highest BCUT2D eigenvalue weighted by Gasteiger charge is 2.31. The summed E-state index contributed by atoms with van der Waals surface area (Å²) in [6.45, 7) is 7.02. The van der Waals surface area contributed by atoms with Crippen molar-refractivity contribution in [3.05, 3.63) is 26.4 Å². The van der Waals surface area contributed by atoms with Crippen LogP contribution in [0.25, 0.3) is 0 Å². The Hall–Kier alpha value is -1.90. The lowest BCUT2D eigenvalue weighted by Gasteiger charge is -2.18. The maximum atomic E-state index is 12.5. The van der Waals surface area contributed by atoms with Gasteiger partial charge in [-0.25, -0.2) is 13.2 Å². The number of anilines is 1. The Bertz CT molecular complexity index is 845. The van der Waals surface area contributed by atoms with Crippen LogP contribution in [0.15, 0.2) is 14.6 Å². The number of hydrogen-bond donors (Lipinski definition) is 1. The lowest BCUT2D eigenvalue weighted by molar-refractivity contribution is 0.493. The molecule has 0 saturated heterocycles. The van der Waals surface area contributed by atoms with E-state index in [0.29, 0.717) is 0 Å². The van der Waals surface area contributed by atoms with Crippen molar-refractivity contribution in [2.24, 2.45) is 18.0 Å². The fourth-order valence-corrected chi connectivity index (χ4v) is 3.31. The van der Waals surface area contributed by atoms with Crippen molar-refractivity contribution >= 4 is 20.7 Å². The quantitative estimate of drug-likeness (QED) is 0.609. The Morgan fingerprint density at radius 1 is 1.22 bits per heavy atom. The van der Waals surface area contributed by atoms with Crippen LogP contribution in [0.3, 0.4) is 0 Å². The summed E-state index contributed by atoms with van der Waals surface area (Å²) in [5.74, 6) is -0.0827. The lowest BCUT2D eigenvalue weighted by Crippen LogP contribution is -2.44. The number of aliphatic imine (C=N–C) groups is 1. The summed E-state index contributed by atoms with van der Waals surface area (Å²) in [6.07, 6.45) is 0. The Labute approximate surface area is 135 Å². The highest BCUT2D eigenvalue weighted by molar-refractivity contribution is 8.07. The van der Waals surface area contributed by atoms with Crippen LogP contribution in [0.1, 0.15) is 33.3 Å². The number of nitrogens with zero attached hydrogens (tertiary/aromatic N) is 3. The van der Waals surface area contributed by atoms with Crippen LogP contribution in [0.4, 0.5) is 5.82 Å². The zero-order chi connectivity index (χ0) is 18.1. The first-order valence-electron chi connectivity index (χ1n) is 7.27. The summed E-state index contributed by atoms with van der Waals surface area (Å²) in [5.41, 5.74) is 4.39. The van der Waals surface area contributed by atoms with Crippen LogP contribution in [-0.4, -0.2) is 34.9 Å². The number of rotatable bonds is 4. The molecule has 9 heteroatoms. The van der Waals surface area contributed by atoms with E-state index >= 15 is 0 Å². The molecule has 0 fully saturated rings. The third kappa shape index (κ3) is 3.39. The van der Waals surface area contributed by atoms with Gasteiger partial charge in [-0.1, -0.05) is 13.8 Å². The van der Waals surface area contributed by atoms with Gasteiger partial charge in [0.25, 0.3) is 5.56 Å². The zero-order valence-corrected chi connectivity index (χ0v) is 15.1. The summed E-state index contributed by atoms with van der Waals surface area (Å²) in [4.78, 5) is 28.5. The smallest absolute Gasteiger partial charge is 0.332 e. The Balaban J connectivity index is 3.90. The van der Waals surface area contributed by atoms with Crippen molar-refractivity contribution in [1.82, 2.24) is 9.13 Å². The Morgan fingerprint density at radius 2 is 1.74 bits per heavy atom. The second kappa shape index (κ2) is 6.69. The van der Waals surface area contributed by atoms with Gasteiger partial charge >= 0.3 is 5.69 Å². The minimum atomic E-state index is -3.82. The molecule has 0 spiro atoms. The molecule has 0 amide bonds. The van der Waals surface area contributed by atoms with Crippen molar-refractivity contribution in [2.45, 2.75) is 39.5 Å². The van der Waals surface area contributed by atoms with Crippen molar-refractivity contribution < 1.29 is 8.42 Å². The summed E-state index contributed by atoms with van der Waals surface area (Å²) in [6, 6.07) is 0. The van der Waals surface area contributed by atoms with E-state index in [4.69, 9.17) is 5.73 Å². The molecule has 23 heavy (non-hydrogen) atoms. The van der Waals surface area contributed by atoms with Gasteiger partial charge in [-0.05, 0) is 19.8 Å². The molecule has 0 aromatic carbocycles. The van der Waals surface area contributed by atoms with Gasteiger partial charge in [0.05, 0.1) is 5.25 Å². The predicted octanol–water partition coefficient (Wildman–Crippen LogP) is -0.0152. The normalized spacial score (nSPS) is 13.1. The monoisotopic (exact) mass is 344 g/mol. The highest BCUT2D eigenvalue weighted by atomic mass is 32.2. The van der Waals surface area contributed by atoms with Crippen molar-refractivity contribution in [3.63, 3.8) is 0 Å². The number of hydrogen-bond acceptors (Lipinski definition) is 6. The maximum absolute atomic E-state index is 12.5. The fourth-order valence-electron chi connectivity index (χ4n) is 2.13. The van der Waals surface area contributed by atoms with E-state index < -0.39 is 26.3 Å². The maximum Gasteiger partial charge on any atom is 0.332 e. The molecular weight excluding hydrogens is 320 g/mol. The van der Waals surface area contributed by atoms with Gasteiger partial charge in [0.15, 0.2) is 14.9 Å². The topological polar surface area (TPSA) is 117 Å². The molecular formula is C14H24N4O4S. The van der Waals surface area contributed by atoms with Gasteiger partial charge in [-0.3, -0.25) is 18.9 Å². The molecule has 2 N–H and O–H groups in total. The van der Waals surface area contributed by atoms with Gasteiger partial charge in [0.2, 0.25) is 0 Å². The first kappa shape index (κ1) is 19.1. The van der Waals surface area contributed by atoms with Crippen LogP contribution in [0.5, 0.6) is 0 Å². The highest BCUT2D eigenvalue weighted by Crippen LogP contribution is 2.15. The van der Waals surface area contributed by atoms with Crippen LogP contribution in [-0.2, 0) is 23.4 Å². The van der Waals surface area contributed by atoms with Gasteiger partial charge in [-0.15, -0.1) is 0 Å². The standard InChI is InChI=1S/C14H24N4O4S/c1-8(2)7-18-11(15)10(13(19)17(6)14(18)20)12(16-5)23(21,22)9(3)4/h8-9H,7,15H2,1-6H3. The van der Waals surface area contributed by atoms with Crippen LogP contribution in [0, 0.1) is 5.92 Å². The van der Waals surface area contributed by atoms with Gasteiger partial charge in [0, 0.05) is 20.6 Å².